The van der Waals surface area contributed by atoms with E-state index in [2.05, 4.69) is 5.32 Å². The lowest BCUT2D eigenvalue weighted by atomic mass is 10.1. The Morgan fingerprint density at radius 2 is 1.75 bits per heavy atom. The standard InChI is InChI=1S/C20H25FN2O4S/c1-14-6-11-17(27-5)18(12-14)28(25,26)23(13-19(24)22-20(2,3)4)16-9-7-15(21)8-10-16/h6-12H,13H2,1-5H3,(H,22,24). The lowest BCUT2D eigenvalue weighted by Gasteiger charge is -2.27. The zero-order valence-corrected chi connectivity index (χ0v) is 17.4. The van der Waals surface area contributed by atoms with Crippen LogP contribution in [0.25, 0.3) is 0 Å². The van der Waals surface area contributed by atoms with Gasteiger partial charge in [0.15, 0.2) is 0 Å². The summed E-state index contributed by atoms with van der Waals surface area (Å²) in [6.07, 6.45) is 0. The van der Waals surface area contributed by atoms with E-state index < -0.39 is 33.8 Å². The molecule has 2 rings (SSSR count). The smallest absolute Gasteiger partial charge is 0.268 e. The Hall–Kier alpha value is -2.61. The van der Waals surface area contributed by atoms with Gasteiger partial charge in [-0.1, -0.05) is 6.07 Å². The topological polar surface area (TPSA) is 75.7 Å². The Bertz CT molecular complexity index is 951. The van der Waals surface area contributed by atoms with Crippen LogP contribution in [0.4, 0.5) is 10.1 Å². The molecule has 0 heterocycles. The Labute approximate surface area is 165 Å². The monoisotopic (exact) mass is 408 g/mol. The number of sulfonamides is 1. The molecule has 6 nitrogen and oxygen atoms in total. The first-order chi connectivity index (χ1) is 12.9. The van der Waals surface area contributed by atoms with E-state index in [1.54, 1.807) is 39.8 Å². The highest BCUT2D eigenvalue weighted by Crippen LogP contribution is 2.31. The van der Waals surface area contributed by atoms with Crippen LogP contribution in [0.5, 0.6) is 5.75 Å². The highest BCUT2D eigenvalue weighted by Gasteiger charge is 2.31. The normalized spacial score (nSPS) is 11.8. The van der Waals surface area contributed by atoms with Crippen molar-refractivity contribution in [1.82, 2.24) is 5.32 Å². The van der Waals surface area contributed by atoms with Crippen molar-refractivity contribution >= 4 is 21.6 Å². The number of hydrogen-bond acceptors (Lipinski definition) is 4. The van der Waals surface area contributed by atoms with E-state index in [1.807, 2.05) is 0 Å². The number of rotatable bonds is 6. The van der Waals surface area contributed by atoms with E-state index in [9.17, 15) is 17.6 Å². The van der Waals surface area contributed by atoms with Gasteiger partial charge in [-0.05, 0) is 69.7 Å². The molecule has 0 aromatic heterocycles. The summed E-state index contributed by atoms with van der Waals surface area (Å²) in [7, 11) is -2.78. The number of methoxy groups -OCH3 is 1. The molecule has 0 radical (unpaired) electrons. The van der Waals surface area contributed by atoms with Crippen molar-refractivity contribution in [3.8, 4) is 5.75 Å². The van der Waals surface area contributed by atoms with E-state index in [1.165, 1.54) is 25.3 Å². The molecule has 0 aliphatic rings. The van der Waals surface area contributed by atoms with Gasteiger partial charge < -0.3 is 10.1 Å². The van der Waals surface area contributed by atoms with Crippen LogP contribution in [-0.2, 0) is 14.8 Å². The number of amides is 1. The predicted octanol–water partition coefficient (Wildman–Crippen LogP) is 3.25. The molecule has 0 saturated carbocycles. The zero-order valence-electron chi connectivity index (χ0n) is 16.6. The van der Waals surface area contributed by atoms with Gasteiger partial charge in [0, 0.05) is 5.54 Å². The van der Waals surface area contributed by atoms with Crippen LogP contribution in [0.15, 0.2) is 47.4 Å². The first-order valence-electron chi connectivity index (χ1n) is 8.68. The molecule has 0 bridgehead atoms. The molecule has 0 atom stereocenters. The summed E-state index contributed by atoms with van der Waals surface area (Å²) >= 11 is 0. The average Bonchev–Trinajstić information content (AvgIpc) is 2.59. The van der Waals surface area contributed by atoms with Gasteiger partial charge in [-0.25, -0.2) is 12.8 Å². The van der Waals surface area contributed by atoms with E-state index in [-0.39, 0.29) is 16.3 Å². The zero-order chi connectivity index (χ0) is 21.1. The number of carbonyl (C=O) groups excluding carboxylic acids is 1. The molecule has 0 unspecified atom stereocenters. The summed E-state index contributed by atoms with van der Waals surface area (Å²) in [5, 5.41) is 2.74. The van der Waals surface area contributed by atoms with Gasteiger partial charge in [0.25, 0.3) is 10.0 Å². The average molecular weight is 408 g/mol. The third kappa shape index (κ3) is 5.22. The molecule has 0 aliphatic heterocycles. The van der Waals surface area contributed by atoms with Gasteiger partial charge >= 0.3 is 0 Å². The Morgan fingerprint density at radius 3 is 2.29 bits per heavy atom. The lowest BCUT2D eigenvalue weighted by molar-refractivity contribution is -0.121. The maximum atomic E-state index is 13.4. The molecule has 28 heavy (non-hydrogen) atoms. The number of carbonyl (C=O) groups is 1. The largest absolute Gasteiger partial charge is 0.495 e. The van der Waals surface area contributed by atoms with Gasteiger partial charge in [-0.2, -0.15) is 0 Å². The quantitative estimate of drug-likeness (QED) is 0.796. The number of nitrogens with one attached hydrogen (secondary N) is 1. The fourth-order valence-electron chi connectivity index (χ4n) is 2.61. The molecule has 0 fully saturated rings. The number of nitrogens with zero attached hydrogens (tertiary/aromatic N) is 1. The van der Waals surface area contributed by atoms with Crippen molar-refractivity contribution in [3.05, 3.63) is 53.8 Å². The third-order valence-electron chi connectivity index (χ3n) is 3.80. The minimum Gasteiger partial charge on any atom is -0.495 e. The summed E-state index contributed by atoms with van der Waals surface area (Å²) in [5.41, 5.74) is 0.364. The number of anilines is 1. The molecular formula is C20H25FN2O4S. The van der Waals surface area contributed by atoms with E-state index in [4.69, 9.17) is 4.74 Å². The van der Waals surface area contributed by atoms with Crippen molar-refractivity contribution < 1.29 is 22.3 Å². The van der Waals surface area contributed by atoms with Gasteiger partial charge in [0.1, 0.15) is 23.0 Å². The summed E-state index contributed by atoms with van der Waals surface area (Å²) in [4.78, 5) is 12.4. The second-order valence-corrected chi connectivity index (χ2v) is 9.27. The first kappa shape index (κ1) is 21.7. The van der Waals surface area contributed by atoms with Crippen molar-refractivity contribution in [1.29, 1.82) is 0 Å². The Balaban J connectivity index is 2.56. The minimum absolute atomic E-state index is 0.0668. The van der Waals surface area contributed by atoms with Crippen LogP contribution in [0, 0.1) is 12.7 Å². The lowest BCUT2D eigenvalue weighted by Crippen LogP contribution is -2.47. The van der Waals surface area contributed by atoms with Gasteiger partial charge in [0.05, 0.1) is 12.8 Å². The fourth-order valence-corrected chi connectivity index (χ4v) is 4.28. The molecule has 2 aromatic rings. The van der Waals surface area contributed by atoms with Gasteiger partial charge in [-0.15, -0.1) is 0 Å². The highest BCUT2D eigenvalue weighted by molar-refractivity contribution is 7.93. The van der Waals surface area contributed by atoms with Crippen LogP contribution in [0.1, 0.15) is 26.3 Å². The number of ether oxygens (including phenoxy) is 1. The fraction of sp³-hybridized carbons (Fsp3) is 0.350. The van der Waals surface area contributed by atoms with E-state index in [0.29, 0.717) is 0 Å². The maximum absolute atomic E-state index is 13.4. The molecule has 2 aromatic carbocycles. The molecule has 8 heteroatoms. The van der Waals surface area contributed by atoms with E-state index in [0.717, 1.165) is 22.0 Å². The number of halogens is 1. The first-order valence-corrected chi connectivity index (χ1v) is 10.1. The van der Waals surface area contributed by atoms with Crippen LogP contribution in [0.3, 0.4) is 0 Å². The van der Waals surface area contributed by atoms with Crippen molar-refractivity contribution in [2.75, 3.05) is 18.0 Å². The van der Waals surface area contributed by atoms with Crippen molar-refractivity contribution in [2.24, 2.45) is 0 Å². The van der Waals surface area contributed by atoms with Gasteiger partial charge in [0.2, 0.25) is 5.91 Å². The molecule has 0 aliphatic carbocycles. The molecule has 152 valence electrons. The summed E-state index contributed by atoms with van der Waals surface area (Å²) < 4.78 is 46.4. The maximum Gasteiger partial charge on any atom is 0.268 e. The third-order valence-corrected chi connectivity index (χ3v) is 5.60. The summed E-state index contributed by atoms with van der Waals surface area (Å²) in [6, 6.07) is 9.69. The van der Waals surface area contributed by atoms with Crippen molar-refractivity contribution in [2.45, 2.75) is 38.1 Å². The summed E-state index contributed by atoms with van der Waals surface area (Å²) in [5.74, 6) is -0.825. The second kappa shape index (κ2) is 8.18. The highest BCUT2D eigenvalue weighted by atomic mass is 32.2. The van der Waals surface area contributed by atoms with E-state index >= 15 is 0 Å². The summed E-state index contributed by atoms with van der Waals surface area (Å²) in [6.45, 7) is 6.69. The molecule has 1 amide bonds. The molecule has 0 saturated heterocycles. The Morgan fingerprint density at radius 1 is 1.14 bits per heavy atom. The van der Waals surface area contributed by atoms with Crippen LogP contribution in [0.2, 0.25) is 0 Å². The minimum atomic E-state index is -4.16. The number of hydrogen-bond donors (Lipinski definition) is 1. The molecule has 1 N–H and O–H groups in total. The van der Waals surface area contributed by atoms with Crippen LogP contribution < -0.4 is 14.4 Å². The Kier molecular flexibility index (Phi) is 6.34. The van der Waals surface area contributed by atoms with Crippen LogP contribution >= 0.6 is 0 Å². The second-order valence-electron chi connectivity index (χ2n) is 7.44. The van der Waals surface area contributed by atoms with Gasteiger partial charge in [-0.3, -0.25) is 9.10 Å². The SMILES string of the molecule is COc1ccc(C)cc1S(=O)(=O)N(CC(=O)NC(C)(C)C)c1ccc(F)cc1. The molecular weight excluding hydrogens is 383 g/mol. The number of aryl methyl sites for hydroxylation is 1. The van der Waals surface area contributed by atoms with Crippen LogP contribution in [-0.4, -0.2) is 33.5 Å². The predicted molar refractivity (Wildman–Crippen MR) is 107 cm³/mol. The molecule has 0 spiro atoms. The number of benzene rings is 2. The van der Waals surface area contributed by atoms with Crippen molar-refractivity contribution in [3.63, 3.8) is 0 Å².